The summed E-state index contributed by atoms with van der Waals surface area (Å²) in [5.74, 6) is 0.217. The van der Waals surface area contributed by atoms with Crippen LogP contribution >= 0.6 is 0 Å². The Hall–Kier alpha value is -2.10. The summed E-state index contributed by atoms with van der Waals surface area (Å²) in [4.78, 5) is 14.9. The molecule has 0 atom stereocenters. The molecular formula is C20H27N3O. The highest BCUT2D eigenvalue weighted by atomic mass is 16.2. The Kier molecular flexibility index (Phi) is 4.02. The van der Waals surface area contributed by atoms with Gasteiger partial charge in [0.25, 0.3) is 0 Å². The van der Waals surface area contributed by atoms with Crippen LogP contribution in [0.15, 0.2) is 36.7 Å². The van der Waals surface area contributed by atoms with Crippen molar-refractivity contribution in [2.75, 3.05) is 7.05 Å². The second-order valence-electron chi connectivity index (χ2n) is 8.09. The van der Waals surface area contributed by atoms with E-state index in [4.69, 9.17) is 0 Å². The first-order valence-electron chi connectivity index (χ1n) is 8.56. The Morgan fingerprint density at radius 1 is 1.25 bits per heavy atom. The molecule has 0 saturated heterocycles. The van der Waals surface area contributed by atoms with Gasteiger partial charge in [-0.1, -0.05) is 45.0 Å². The molecule has 0 bridgehead atoms. The summed E-state index contributed by atoms with van der Waals surface area (Å²) >= 11 is 0. The molecule has 1 fully saturated rings. The molecule has 24 heavy (non-hydrogen) atoms. The van der Waals surface area contributed by atoms with Gasteiger partial charge in [-0.05, 0) is 29.4 Å². The van der Waals surface area contributed by atoms with E-state index < -0.39 is 0 Å². The van der Waals surface area contributed by atoms with Crippen molar-refractivity contribution in [2.45, 2.75) is 51.0 Å². The van der Waals surface area contributed by atoms with Gasteiger partial charge in [0.1, 0.15) is 0 Å². The van der Waals surface area contributed by atoms with Crippen molar-refractivity contribution in [3.8, 4) is 0 Å². The average molecular weight is 325 g/mol. The van der Waals surface area contributed by atoms with Gasteiger partial charge in [-0.2, -0.15) is 5.10 Å². The summed E-state index contributed by atoms with van der Waals surface area (Å²) < 4.78 is 1.77. The van der Waals surface area contributed by atoms with Crippen LogP contribution in [0, 0.1) is 0 Å². The van der Waals surface area contributed by atoms with E-state index in [0.29, 0.717) is 6.54 Å². The summed E-state index contributed by atoms with van der Waals surface area (Å²) in [5.41, 5.74) is 3.34. The van der Waals surface area contributed by atoms with Crippen LogP contribution in [0.5, 0.6) is 0 Å². The molecule has 0 spiro atoms. The number of hydrogen-bond acceptors (Lipinski definition) is 2. The van der Waals surface area contributed by atoms with Crippen LogP contribution in [-0.2, 0) is 29.2 Å². The summed E-state index contributed by atoms with van der Waals surface area (Å²) in [5, 5.41) is 4.18. The van der Waals surface area contributed by atoms with Gasteiger partial charge >= 0.3 is 0 Å². The fourth-order valence-corrected chi connectivity index (χ4v) is 3.30. The second-order valence-corrected chi connectivity index (χ2v) is 8.09. The monoisotopic (exact) mass is 325 g/mol. The molecule has 0 aliphatic heterocycles. The fraction of sp³-hybridized carbons (Fsp3) is 0.500. The highest BCUT2D eigenvalue weighted by Crippen LogP contribution is 2.49. The minimum atomic E-state index is -0.312. The van der Waals surface area contributed by atoms with Gasteiger partial charge in [-0.25, -0.2) is 0 Å². The lowest BCUT2D eigenvalue weighted by Crippen LogP contribution is -2.36. The minimum absolute atomic E-state index is 0.135. The van der Waals surface area contributed by atoms with E-state index in [0.717, 1.165) is 24.0 Å². The van der Waals surface area contributed by atoms with Gasteiger partial charge < -0.3 is 4.90 Å². The standard InChI is InChI=1S/C20H27N3O/c1-19(2,3)16-6-8-17(9-7-16)20(10-11-20)18(24)22(4)13-15-12-21-23(5)14-15/h6-9,12,14H,10-11,13H2,1-5H3. The molecule has 4 nitrogen and oxygen atoms in total. The van der Waals surface area contributed by atoms with Crippen molar-refractivity contribution in [1.29, 1.82) is 0 Å². The first kappa shape index (κ1) is 16.7. The molecule has 1 aliphatic rings. The van der Waals surface area contributed by atoms with Crippen LogP contribution in [0.1, 0.15) is 50.3 Å². The van der Waals surface area contributed by atoms with Crippen molar-refractivity contribution in [3.05, 3.63) is 53.3 Å². The molecule has 0 radical (unpaired) electrons. The van der Waals surface area contributed by atoms with Gasteiger partial charge in [0.2, 0.25) is 5.91 Å². The van der Waals surface area contributed by atoms with Gasteiger partial charge in [-0.3, -0.25) is 9.48 Å². The second kappa shape index (κ2) is 5.76. The molecule has 4 heteroatoms. The summed E-state index contributed by atoms with van der Waals surface area (Å²) in [6.45, 7) is 7.24. The smallest absolute Gasteiger partial charge is 0.233 e. The van der Waals surface area contributed by atoms with Gasteiger partial charge in [0.05, 0.1) is 11.6 Å². The van der Waals surface area contributed by atoms with Gasteiger partial charge in [-0.15, -0.1) is 0 Å². The Labute approximate surface area is 144 Å². The number of benzene rings is 1. The molecule has 2 aromatic rings. The summed E-state index contributed by atoms with van der Waals surface area (Å²) in [7, 11) is 3.78. The molecule has 1 aromatic carbocycles. The molecule has 1 aromatic heterocycles. The van der Waals surface area contributed by atoms with Crippen molar-refractivity contribution in [3.63, 3.8) is 0 Å². The number of amides is 1. The zero-order chi connectivity index (χ0) is 17.5. The number of nitrogens with zero attached hydrogens (tertiary/aromatic N) is 3. The predicted molar refractivity (Wildman–Crippen MR) is 95.7 cm³/mol. The fourth-order valence-electron chi connectivity index (χ4n) is 3.30. The van der Waals surface area contributed by atoms with E-state index in [1.165, 1.54) is 5.56 Å². The lowest BCUT2D eigenvalue weighted by molar-refractivity contribution is -0.133. The van der Waals surface area contributed by atoms with E-state index in [1.54, 1.807) is 4.68 Å². The van der Waals surface area contributed by atoms with Crippen LogP contribution in [0.4, 0.5) is 0 Å². The van der Waals surface area contributed by atoms with Gasteiger partial charge in [0.15, 0.2) is 0 Å². The molecule has 1 aliphatic carbocycles. The van der Waals surface area contributed by atoms with E-state index >= 15 is 0 Å². The van der Waals surface area contributed by atoms with Crippen molar-refractivity contribution in [2.24, 2.45) is 7.05 Å². The van der Waals surface area contributed by atoms with Gasteiger partial charge in [0, 0.05) is 32.4 Å². The number of aromatic nitrogens is 2. The molecule has 1 saturated carbocycles. The number of rotatable bonds is 4. The number of aryl methyl sites for hydroxylation is 1. The topological polar surface area (TPSA) is 38.1 Å². The zero-order valence-electron chi connectivity index (χ0n) is 15.3. The molecule has 1 amide bonds. The quantitative estimate of drug-likeness (QED) is 0.864. The third-order valence-electron chi connectivity index (χ3n) is 4.99. The third-order valence-corrected chi connectivity index (χ3v) is 4.99. The lowest BCUT2D eigenvalue weighted by Gasteiger charge is -2.25. The molecule has 128 valence electrons. The Morgan fingerprint density at radius 3 is 2.33 bits per heavy atom. The molecule has 3 rings (SSSR count). The van der Waals surface area contributed by atoms with Crippen LogP contribution in [0.25, 0.3) is 0 Å². The normalized spacial score (nSPS) is 16.0. The molecular weight excluding hydrogens is 298 g/mol. The average Bonchev–Trinajstić information content (AvgIpc) is 3.24. The summed E-state index contributed by atoms with van der Waals surface area (Å²) in [6, 6.07) is 8.63. The van der Waals surface area contributed by atoms with Crippen molar-refractivity contribution < 1.29 is 4.79 Å². The van der Waals surface area contributed by atoms with E-state index in [-0.39, 0.29) is 16.7 Å². The summed E-state index contributed by atoms with van der Waals surface area (Å²) in [6.07, 6.45) is 5.67. The van der Waals surface area contributed by atoms with Crippen LogP contribution in [0.2, 0.25) is 0 Å². The lowest BCUT2D eigenvalue weighted by atomic mass is 9.84. The van der Waals surface area contributed by atoms with Crippen LogP contribution in [-0.4, -0.2) is 27.6 Å². The first-order valence-corrected chi connectivity index (χ1v) is 8.56. The zero-order valence-corrected chi connectivity index (χ0v) is 15.3. The first-order chi connectivity index (χ1) is 11.2. The molecule has 0 unspecified atom stereocenters. The van der Waals surface area contributed by atoms with E-state index in [1.807, 2.05) is 31.4 Å². The van der Waals surface area contributed by atoms with E-state index in [9.17, 15) is 4.79 Å². The maximum Gasteiger partial charge on any atom is 0.233 e. The number of carbonyl (C=O) groups excluding carboxylic acids is 1. The SMILES string of the molecule is CN(Cc1cnn(C)c1)C(=O)C1(c2ccc(C(C)(C)C)cc2)CC1. The highest BCUT2D eigenvalue weighted by molar-refractivity contribution is 5.91. The maximum atomic E-state index is 13.0. The van der Waals surface area contributed by atoms with Crippen molar-refractivity contribution in [1.82, 2.24) is 14.7 Å². The molecule has 0 N–H and O–H groups in total. The molecule has 1 heterocycles. The minimum Gasteiger partial charge on any atom is -0.341 e. The Balaban J connectivity index is 1.76. The largest absolute Gasteiger partial charge is 0.341 e. The maximum absolute atomic E-state index is 13.0. The Bertz CT molecular complexity index is 733. The van der Waals surface area contributed by atoms with Crippen LogP contribution < -0.4 is 0 Å². The Morgan fingerprint density at radius 2 is 1.88 bits per heavy atom. The predicted octanol–water partition coefficient (Wildman–Crippen LogP) is 3.41. The number of likely N-dealkylation sites (N-methyl/N-ethyl adjacent to an activating group) is 1. The van der Waals surface area contributed by atoms with E-state index in [2.05, 4.69) is 50.1 Å². The third kappa shape index (κ3) is 3.10. The number of carbonyl (C=O) groups is 1. The number of hydrogen-bond donors (Lipinski definition) is 0. The highest BCUT2D eigenvalue weighted by Gasteiger charge is 2.52. The van der Waals surface area contributed by atoms with Crippen LogP contribution in [0.3, 0.4) is 0 Å². The van der Waals surface area contributed by atoms with Crippen molar-refractivity contribution >= 4 is 5.91 Å².